The molecule has 1 atom stereocenters. The summed E-state index contributed by atoms with van der Waals surface area (Å²) in [5.74, 6) is 0.901. The van der Waals surface area contributed by atoms with Crippen molar-refractivity contribution in [2.75, 3.05) is 0 Å². The number of hydrogen-bond acceptors (Lipinski definition) is 2. The van der Waals surface area contributed by atoms with Crippen molar-refractivity contribution in [2.24, 2.45) is 5.73 Å². The normalized spacial score (nSPS) is 12.2. The summed E-state index contributed by atoms with van der Waals surface area (Å²) in [6.07, 6.45) is 5.04. The van der Waals surface area contributed by atoms with Crippen LogP contribution in [0.25, 0.3) is 0 Å². The van der Waals surface area contributed by atoms with Gasteiger partial charge < -0.3 is 10.2 Å². The smallest absolute Gasteiger partial charge is 0.120 e. The van der Waals surface area contributed by atoms with E-state index in [1.54, 1.807) is 6.26 Å². The first-order valence-electron chi connectivity index (χ1n) is 4.13. The number of nitrogens with two attached hydrogens (primary N) is 1. The lowest BCUT2D eigenvalue weighted by molar-refractivity contribution is 0.444. The molecule has 0 bridgehead atoms. The molecule has 3 heteroatoms. The van der Waals surface area contributed by atoms with Crippen LogP contribution in [0.4, 0.5) is 0 Å². The van der Waals surface area contributed by atoms with Crippen LogP contribution < -0.4 is 5.73 Å². The zero-order chi connectivity index (χ0) is 8.10. The maximum atomic E-state index is 5.83. The van der Waals surface area contributed by atoms with Crippen LogP contribution in [-0.4, -0.2) is 0 Å². The Morgan fingerprint density at radius 3 is 2.83 bits per heavy atom. The lowest BCUT2D eigenvalue weighted by Crippen LogP contribution is -2.08. The summed E-state index contributed by atoms with van der Waals surface area (Å²) in [5.41, 5.74) is 5.83. The largest absolute Gasteiger partial charge is 0.468 e. The summed E-state index contributed by atoms with van der Waals surface area (Å²) in [5, 5.41) is 0. The fraction of sp³-hybridized carbons (Fsp3) is 0.556. The Hall–Kier alpha value is -0.470. The zero-order valence-corrected chi connectivity index (χ0v) is 8.14. The highest BCUT2D eigenvalue weighted by atomic mass is 35.5. The minimum atomic E-state index is 0. The van der Waals surface area contributed by atoms with Gasteiger partial charge in [-0.3, -0.25) is 0 Å². The van der Waals surface area contributed by atoms with Gasteiger partial charge in [0.05, 0.1) is 12.3 Å². The Kier molecular flexibility index (Phi) is 5.85. The van der Waals surface area contributed by atoms with E-state index in [-0.39, 0.29) is 18.4 Å². The number of rotatable bonds is 4. The highest BCUT2D eigenvalue weighted by Gasteiger charge is 2.06. The third-order valence-electron chi connectivity index (χ3n) is 1.78. The van der Waals surface area contributed by atoms with Crippen LogP contribution in [0.2, 0.25) is 0 Å². The predicted molar refractivity (Wildman–Crippen MR) is 52.4 cm³/mol. The van der Waals surface area contributed by atoms with Gasteiger partial charge in [-0.25, -0.2) is 0 Å². The summed E-state index contributed by atoms with van der Waals surface area (Å²) < 4.78 is 5.17. The van der Waals surface area contributed by atoms with E-state index in [4.69, 9.17) is 10.2 Å². The molecule has 0 aromatic carbocycles. The molecule has 0 amide bonds. The van der Waals surface area contributed by atoms with Crippen LogP contribution in [0.5, 0.6) is 0 Å². The standard InChI is InChI=1S/C9H15NO.ClH/c1-2-3-5-8(10)9-6-4-7-11-9;/h4,6-8H,2-3,5,10H2,1H3;1H/t8-;/m1./s1. The third kappa shape index (κ3) is 3.28. The van der Waals surface area contributed by atoms with Gasteiger partial charge in [-0.2, -0.15) is 0 Å². The number of hydrogen-bond donors (Lipinski definition) is 1. The molecule has 0 spiro atoms. The van der Waals surface area contributed by atoms with Crippen molar-refractivity contribution in [1.29, 1.82) is 0 Å². The minimum absolute atomic E-state index is 0. The summed E-state index contributed by atoms with van der Waals surface area (Å²) >= 11 is 0. The molecule has 1 aromatic rings. The van der Waals surface area contributed by atoms with Crippen LogP contribution in [-0.2, 0) is 0 Å². The first kappa shape index (κ1) is 11.5. The molecule has 1 rings (SSSR count). The van der Waals surface area contributed by atoms with Crippen molar-refractivity contribution < 1.29 is 4.42 Å². The fourth-order valence-corrected chi connectivity index (χ4v) is 1.07. The molecule has 0 unspecified atom stereocenters. The molecule has 0 radical (unpaired) electrons. The van der Waals surface area contributed by atoms with E-state index in [1.165, 1.54) is 12.8 Å². The lowest BCUT2D eigenvalue weighted by atomic mass is 10.1. The van der Waals surface area contributed by atoms with Crippen LogP contribution in [0, 0.1) is 0 Å². The Balaban J connectivity index is 0.00000121. The van der Waals surface area contributed by atoms with Gasteiger partial charge in [-0.15, -0.1) is 12.4 Å². The maximum absolute atomic E-state index is 5.83. The van der Waals surface area contributed by atoms with E-state index in [2.05, 4.69) is 6.92 Å². The van der Waals surface area contributed by atoms with Crippen molar-refractivity contribution >= 4 is 12.4 Å². The fourth-order valence-electron chi connectivity index (χ4n) is 1.07. The molecule has 1 heterocycles. The quantitative estimate of drug-likeness (QED) is 0.791. The van der Waals surface area contributed by atoms with Gasteiger partial charge in [0.2, 0.25) is 0 Å². The van der Waals surface area contributed by atoms with Crippen molar-refractivity contribution in [3.63, 3.8) is 0 Å². The molecule has 70 valence electrons. The zero-order valence-electron chi connectivity index (χ0n) is 7.32. The van der Waals surface area contributed by atoms with Crippen LogP contribution in [0.1, 0.15) is 38.0 Å². The highest BCUT2D eigenvalue weighted by molar-refractivity contribution is 5.85. The molecular formula is C9H16ClNO. The average molecular weight is 190 g/mol. The third-order valence-corrected chi connectivity index (χ3v) is 1.78. The number of halogens is 1. The summed E-state index contributed by atoms with van der Waals surface area (Å²) in [6, 6.07) is 3.89. The van der Waals surface area contributed by atoms with Gasteiger partial charge in [0.15, 0.2) is 0 Å². The Morgan fingerprint density at radius 1 is 1.58 bits per heavy atom. The highest BCUT2D eigenvalue weighted by Crippen LogP contribution is 2.16. The monoisotopic (exact) mass is 189 g/mol. The molecular weight excluding hydrogens is 174 g/mol. The van der Waals surface area contributed by atoms with Crippen molar-refractivity contribution in [1.82, 2.24) is 0 Å². The van der Waals surface area contributed by atoms with Crippen LogP contribution in [0.15, 0.2) is 22.8 Å². The van der Waals surface area contributed by atoms with Gasteiger partial charge in [-0.05, 0) is 18.6 Å². The SMILES string of the molecule is CCCC[C@@H](N)c1ccco1.Cl. The van der Waals surface area contributed by atoms with E-state index in [0.717, 1.165) is 12.2 Å². The molecule has 0 aliphatic heterocycles. The maximum Gasteiger partial charge on any atom is 0.120 e. The summed E-state index contributed by atoms with van der Waals surface area (Å²) in [7, 11) is 0. The molecule has 1 aromatic heterocycles. The second-order valence-electron chi connectivity index (χ2n) is 2.76. The van der Waals surface area contributed by atoms with Gasteiger partial charge in [-0.1, -0.05) is 19.8 Å². The number of furan rings is 1. The topological polar surface area (TPSA) is 39.2 Å². The molecule has 0 fully saturated rings. The van der Waals surface area contributed by atoms with Gasteiger partial charge >= 0.3 is 0 Å². The van der Waals surface area contributed by atoms with Crippen LogP contribution >= 0.6 is 12.4 Å². The van der Waals surface area contributed by atoms with Gasteiger partial charge in [0.25, 0.3) is 0 Å². The molecule has 2 N–H and O–H groups in total. The molecule has 0 saturated carbocycles. The second-order valence-corrected chi connectivity index (χ2v) is 2.76. The van der Waals surface area contributed by atoms with E-state index < -0.39 is 0 Å². The van der Waals surface area contributed by atoms with Crippen LogP contribution in [0.3, 0.4) is 0 Å². The predicted octanol–water partition coefficient (Wildman–Crippen LogP) is 2.89. The summed E-state index contributed by atoms with van der Waals surface area (Å²) in [4.78, 5) is 0. The molecule has 0 aliphatic carbocycles. The second kappa shape index (κ2) is 6.09. The summed E-state index contributed by atoms with van der Waals surface area (Å²) in [6.45, 7) is 2.16. The molecule has 0 aliphatic rings. The Bertz CT molecular complexity index is 186. The Labute approximate surface area is 79.5 Å². The number of unbranched alkanes of at least 4 members (excludes halogenated alkanes) is 1. The molecule has 0 saturated heterocycles. The Morgan fingerprint density at radius 2 is 2.33 bits per heavy atom. The minimum Gasteiger partial charge on any atom is -0.468 e. The van der Waals surface area contributed by atoms with Gasteiger partial charge in [0.1, 0.15) is 5.76 Å². The van der Waals surface area contributed by atoms with Gasteiger partial charge in [0, 0.05) is 0 Å². The van der Waals surface area contributed by atoms with Crippen molar-refractivity contribution in [2.45, 2.75) is 32.2 Å². The van der Waals surface area contributed by atoms with E-state index >= 15 is 0 Å². The van der Waals surface area contributed by atoms with E-state index in [1.807, 2.05) is 12.1 Å². The van der Waals surface area contributed by atoms with Crippen molar-refractivity contribution in [3.05, 3.63) is 24.2 Å². The molecule has 2 nitrogen and oxygen atoms in total. The first-order chi connectivity index (χ1) is 5.34. The van der Waals surface area contributed by atoms with E-state index in [9.17, 15) is 0 Å². The van der Waals surface area contributed by atoms with Crippen molar-refractivity contribution in [3.8, 4) is 0 Å². The lowest BCUT2D eigenvalue weighted by Gasteiger charge is -2.06. The average Bonchev–Trinajstić information content (AvgIpc) is 2.52. The first-order valence-corrected chi connectivity index (χ1v) is 4.13. The van der Waals surface area contributed by atoms with E-state index in [0.29, 0.717) is 0 Å². The molecule has 12 heavy (non-hydrogen) atoms.